The van der Waals surface area contributed by atoms with Crippen LogP contribution in [0.4, 0.5) is 13.2 Å². The Labute approximate surface area is 282 Å². The Morgan fingerprint density at radius 2 is 1.90 bits per heavy atom. The van der Waals surface area contributed by atoms with E-state index in [9.17, 15) is 33.1 Å². The van der Waals surface area contributed by atoms with Gasteiger partial charge in [-0.1, -0.05) is 43.7 Å². The molecular weight excluding hydrogens is 665 g/mol. The van der Waals surface area contributed by atoms with E-state index < -0.39 is 23.3 Å². The van der Waals surface area contributed by atoms with Crippen LogP contribution in [0.3, 0.4) is 0 Å². The van der Waals surface area contributed by atoms with Crippen molar-refractivity contribution >= 4 is 50.0 Å². The standard InChI is InChI=1S/C35H30ClF3N4O4S/c1-18-12-24(32-31(41-18)26(17-48-32)34(45)46)23-14-21(36)8-9-29(23)47-11-10-43-19(2)42-28-15-27(35(37,38)39)22(13-20-6-4-3-5-7-20)25(16-40)30(28)33(43)44/h8-9,12,14-15,17,20H,3-7,10-11,13H2,1-2H3,(H,45,46). The molecule has 0 saturated heterocycles. The van der Waals surface area contributed by atoms with Gasteiger partial charge in [-0.05, 0) is 62.1 Å². The topological polar surface area (TPSA) is 118 Å². The number of aryl methyl sites for hydroxylation is 2. The smallest absolute Gasteiger partial charge is 0.416 e. The molecule has 0 amide bonds. The number of nitriles is 1. The third-order valence-corrected chi connectivity index (χ3v) is 10.1. The number of pyridine rings is 1. The molecule has 3 heterocycles. The number of carboxylic acid groups (broad SMARTS) is 1. The summed E-state index contributed by atoms with van der Waals surface area (Å²) in [7, 11) is 0. The minimum atomic E-state index is -4.71. The minimum Gasteiger partial charge on any atom is -0.491 e. The summed E-state index contributed by atoms with van der Waals surface area (Å²) in [5.41, 5.74) is 0.199. The second-order valence-corrected chi connectivity index (χ2v) is 13.4. The molecule has 6 rings (SSSR count). The average Bonchev–Trinajstić information content (AvgIpc) is 3.47. The molecule has 1 aliphatic carbocycles. The largest absolute Gasteiger partial charge is 0.491 e. The molecule has 1 N–H and O–H groups in total. The number of ether oxygens (including phenoxy) is 1. The first kappa shape index (κ1) is 33.4. The van der Waals surface area contributed by atoms with E-state index in [0.717, 1.165) is 38.2 Å². The van der Waals surface area contributed by atoms with Gasteiger partial charge in [0.25, 0.3) is 5.56 Å². The molecule has 48 heavy (non-hydrogen) atoms. The van der Waals surface area contributed by atoms with E-state index in [1.165, 1.54) is 28.2 Å². The van der Waals surface area contributed by atoms with Crippen molar-refractivity contribution in [3.63, 3.8) is 0 Å². The maximum absolute atomic E-state index is 14.3. The zero-order valence-electron chi connectivity index (χ0n) is 26.1. The number of thiophene rings is 1. The summed E-state index contributed by atoms with van der Waals surface area (Å²) in [4.78, 5) is 34.5. The number of carboxylic acids is 1. The summed E-state index contributed by atoms with van der Waals surface area (Å²) in [5, 5.41) is 21.6. The molecule has 1 saturated carbocycles. The van der Waals surface area contributed by atoms with E-state index in [0.29, 0.717) is 37.8 Å². The Bertz CT molecular complexity index is 2180. The minimum absolute atomic E-state index is 0.00214. The highest BCUT2D eigenvalue weighted by molar-refractivity contribution is 7.18. The number of halogens is 4. The van der Waals surface area contributed by atoms with Crippen LogP contribution in [0.25, 0.3) is 32.2 Å². The number of aromatic carboxylic acids is 1. The number of fused-ring (bicyclic) bond motifs is 2. The Hall–Kier alpha value is -4.47. The molecule has 0 radical (unpaired) electrons. The lowest BCUT2D eigenvalue weighted by atomic mass is 9.82. The van der Waals surface area contributed by atoms with Crippen molar-refractivity contribution in [3.05, 3.63) is 84.9 Å². The molecule has 3 aromatic heterocycles. The zero-order valence-corrected chi connectivity index (χ0v) is 27.7. The van der Waals surface area contributed by atoms with Gasteiger partial charge in [0.15, 0.2) is 0 Å². The highest BCUT2D eigenvalue weighted by atomic mass is 35.5. The van der Waals surface area contributed by atoms with Gasteiger partial charge in [0.05, 0.1) is 44.4 Å². The van der Waals surface area contributed by atoms with Gasteiger partial charge in [-0.25, -0.2) is 9.78 Å². The molecule has 0 aliphatic heterocycles. The number of hydrogen-bond donors (Lipinski definition) is 1. The van der Waals surface area contributed by atoms with Crippen molar-refractivity contribution in [3.8, 4) is 22.9 Å². The Balaban J connectivity index is 1.37. The summed E-state index contributed by atoms with van der Waals surface area (Å²) < 4.78 is 51.0. The van der Waals surface area contributed by atoms with Crippen LogP contribution in [0.5, 0.6) is 5.75 Å². The van der Waals surface area contributed by atoms with Crippen LogP contribution in [0, 0.1) is 31.1 Å². The van der Waals surface area contributed by atoms with E-state index in [4.69, 9.17) is 16.3 Å². The van der Waals surface area contributed by atoms with Gasteiger partial charge in [0, 0.05) is 27.2 Å². The maximum atomic E-state index is 14.3. The van der Waals surface area contributed by atoms with Crippen LogP contribution in [0.2, 0.25) is 5.02 Å². The Morgan fingerprint density at radius 1 is 1.15 bits per heavy atom. The molecule has 0 atom stereocenters. The molecule has 0 unspecified atom stereocenters. The quantitative estimate of drug-likeness (QED) is 0.173. The van der Waals surface area contributed by atoms with Gasteiger partial charge in [-0.3, -0.25) is 14.3 Å². The van der Waals surface area contributed by atoms with Crippen molar-refractivity contribution in [1.82, 2.24) is 14.5 Å². The van der Waals surface area contributed by atoms with E-state index in [2.05, 4.69) is 9.97 Å². The summed E-state index contributed by atoms with van der Waals surface area (Å²) in [6.45, 7) is 3.24. The van der Waals surface area contributed by atoms with Crippen molar-refractivity contribution in [2.45, 2.75) is 65.1 Å². The number of rotatable bonds is 8. The highest BCUT2D eigenvalue weighted by Crippen LogP contribution is 2.41. The molecule has 13 heteroatoms. The fourth-order valence-electron chi connectivity index (χ4n) is 6.64. The normalized spacial score (nSPS) is 14.0. The van der Waals surface area contributed by atoms with Gasteiger partial charge in [-0.15, -0.1) is 11.3 Å². The lowest BCUT2D eigenvalue weighted by Crippen LogP contribution is -2.28. The predicted molar refractivity (Wildman–Crippen MR) is 178 cm³/mol. The molecule has 1 aliphatic rings. The first-order chi connectivity index (χ1) is 22.9. The molecule has 5 aromatic rings. The first-order valence-electron chi connectivity index (χ1n) is 15.5. The molecule has 1 fully saturated rings. The number of carbonyl (C=O) groups is 1. The lowest BCUT2D eigenvalue weighted by Gasteiger charge is -2.24. The van der Waals surface area contributed by atoms with Gasteiger partial charge in [-0.2, -0.15) is 18.4 Å². The summed E-state index contributed by atoms with van der Waals surface area (Å²) in [6.07, 6.45) is -0.208. The third kappa shape index (κ3) is 6.36. The van der Waals surface area contributed by atoms with Crippen LogP contribution >= 0.6 is 22.9 Å². The number of alkyl halides is 3. The van der Waals surface area contributed by atoms with Crippen LogP contribution in [0.1, 0.15) is 70.7 Å². The predicted octanol–water partition coefficient (Wildman–Crippen LogP) is 8.73. The average molecular weight is 695 g/mol. The fraction of sp³-hybridized carbons (Fsp3) is 0.343. The fourth-order valence-corrected chi connectivity index (χ4v) is 7.82. The number of hydrogen-bond acceptors (Lipinski definition) is 7. The van der Waals surface area contributed by atoms with Crippen LogP contribution in [-0.4, -0.2) is 32.2 Å². The SMILES string of the molecule is Cc1cc(-c2cc(Cl)ccc2OCCn2c(C)nc3cc(C(F)(F)F)c(CC4CCCCC4)c(C#N)c3c2=O)c2scc(C(=O)O)c2n1. The highest BCUT2D eigenvalue weighted by Gasteiger charge is 2.37. The van der Waals surface area contributed by atoms with Gasteiger partial charge in [0.1, 0.15) is 24.3 Å². The van der Waals surface area contributed by atoms with E-state index in [1.54, 1.807) is 25.1 Å². The third-order valence-electron chi connectivity index (χ3n) is 8.87. The van der Waals surface area contributed by atoms with Crippen molar-refractivity contribution in [2.24, 2.45) is 5.92 Å². The van der Waals surface area contributed by atoms with Crippen molar-refractivity contribution in [2.75, 3.05) is 6.61 Å². The van der Waals surface area contributed by atoms with Gasteiger partial charge >= 0.3 is 12.1 Å². The summed E-state index contributed by atoms with van der Waals surface area (Å²) in [5.74, 6) is -0.496. The van der Waals surface area contributed by atoms with Gasteiger partial charge < -0.3 is 9.84 Å². The van der Waals surface area contributed by atoms with Gasteiger partial charge in [0.2, 0.25) is 0 Å². The number of aromatic nitrogens is 3. The molecule has 8 nitrogen and oxygen atoms in total. The van der Waals surface area contributed by atoms with Crippen LogP contribution in [0.15, 0.2) is 40.5 Å². The van der Waals surface area contributed by atoms with E-state index in [-0.39, 0.29) is 58.9 Å². The summed E-state index contributed by atoms with van der Waals surface area (Å²) >= 11 is 7.61. The Kier molecular flexibility index (Phi) is 9.20. The summed E-state index contributed by atoms with van der Waals surface area (Å²) in [6, 6.07) is 9.66. The second kappa shape index (κ2) is 13.2. The molecule has 248 valence electrons. The second-order valence-electron chi connectivity index (χ2n) is 12.0. The number of nitrogens with zero attached hydrogens (tertiary/aromatic N) is 4. The molecule has 0 bridgehead atoms. The Morgan fingerprint density at radius 3 is 2.58 bits per heavy atom. The zero-order chi connectivity index (χ0) is 34.3. The van der Waals surface area contributed by atoms with Crippen LogP contribution in [-0.2, 0) is 19.1 Å². The van der Waals surface area contributed by atoms with Crippen molar-refractivity contribution in [1.29, 1.82) is 5.26 Å². The monoisotopic (exact) mass is 694 g/mol. The van der Waals surface area contributed by atoms with Crippen LogP contribution < -0.4 is 10.3 Å². The molecular formula is C35H30ClF3N4O4S. The van der Waals surface area contributed by atoms with E-state index in [1.807, 2.05) is 12.1 Å². The van der Waals surface area contributed by atoms with Crippen molar-refractivity contribution < 1.29 is 27.8 Å². The molecule has 0 spiro atoms. The number of benzene rings is 2. The first-order valence-corrected chi connectivity index (χ1v) is 16.7. The molecule has 2 aromatic carbocycles. The van der Waals surface area contributed by atoms with E-state index >= 15 is 0 Å². The maximum Gasteiger partial charge on any atom is 0.416 e. The lowest BCUT2D eigenvalue weighted by molar-refractivity contribution is -0.138.